The average Bonchev–Trinajstić information content (AvgIpc) is 2.50. The van der Waals surface area contributed by atoms with Crippen LogP contribution in [0, 0.1) is 0 Å². The lowest BCUT2D eigenvalue weighted by Crippen LogP contribution is -2.44. The standard InChI is InChI=1S/C18H24BrNO4/c1-12(2)20(13(3)4)17(21)11-24-18(22)9-6-14-10-15(19)7-8-16(14)23-5/h6-10,12-13H,11H2,1-5H3/b9-6+. The fraction of sp³-hybridized carbons (Fsp3) is 0.444. The molecule has 0 N–H and O–H groups in total. The summed E-state index contributed by atoms with van der Waals surface area (Å²) in [7, 11) is 1.56. The molecule has 0 spiro atoms. The number of methoxy groups -OCH3 is 1. The van der Waals surface area contributed by atoms with E-state index >= 15 is 0 Å². The maximum Gasteiger partial charge on any atom is 0.331 e. The minimum absolute atomic E-state index is 0.0534. The Morgan fingerprint density at radius 3 is 2.38 bits per heavy atom. The predicted octanol–water partition coefficient (Wildman–Crippen LogP) is 3.66. The van der Waals surface area contributed by atoms with Crippen LogP contribution in [0.15, 0.2) is 28.7 Å². The van der Waals surface area contributed by atoms with E-state index < -0.39 is 5.97 Å². The molecule has 0 aliphatic rings. The lowest BCUT2D eigenvalue weighted by atomic mass is 10.2. The van der Waals surface area contributed by atoms with Gasteiger partial charge in [-0.3, -0.25) is 4.79 Å². The minimum atomic E-state index is -0.571. The number of carbonyl (C=O) groups excluding carboxylic acids is 2. The molecule has 5 nitrogen and oxygen atoms in total. The molecule has 0 saturated heterocycles. The quantitative estimate of drug-likeness (QED) is 0.520. The first-order valence-corrected chi connectivity index (χ1v) is 8.55. The largest absolute Gasteiger partial charge is 0.496 e. The fourth-order valence-electron chi connectivity index (χ4n) is 2.42. The molecule has 0 aromatic heterocycles. The summed E-state index contributed by atoms with van der Waals surface area (Å²) in [5.41, 5.74) is 0.737. The number of halogens is 1. The van der Waals surface area contributed by atoms with E-state index in [1.165, 1.54) is 6.08 Å². The summed E-state index contributed by atoms with van der Waals surface area (Å²) >= 11 is 3.37. The van der Waals surface area contributed by atoms with Crippen molar-refractivity contribution in [3.8, 4) is 5.75 Å². The molecule has 1 rings (SSSR count). The van der Waals surface area contributed by atoms with E-state index in [0.29, 0.717) is 5.75 Å². The van der Waals surface area contributed by atoms with Crippen LogP contribution in [0.1, 0.15) is 33.3 Å². The summed E-state index contributed by atoms with van der Waals surface area (Å²) in [6.45, 7) is 7.45. The van der Waals surface area contributed by atoms with E-state index in [9.17, 15) is 9.59 Å². The predicted molar refractivity (Wildman–Crippen MR) is 97.8 cm³/mol. The van der Waals surface area contributed by atoms with Crippen LogP contribution >= 0.6 is 15.9 Å². The molecule has 0 radical (unpaired) electrons. The lowest BCUT2D eigenvalue weighted by molar-refractivity contribution is -0.150. The van der Waals surface area contributed by atoms with Crippen molar-refractivity contribution in [2.24, 2.45) is 0 Å². The van der Waals surface area contributed by atoms with Crippen LogP contribution in [0.2, 0.25) is 0 Å². The summed E-state index contributed by atoms with van der Waals surface area (Å²) < 4.78 is 11.1. The number of nitrogens with zero attached hydrogens (tertiary/aromatic N) is 1. The molecule has 0 saturated carbocycles. The van der Waals surface area contributed by atoms with E-state index in [0.717, 1.165) is 10.0 Å². The second kappa shape index (κ2) is 9.47. The van der Waals surface area contributed by atoms with Crippen molar-refractivity contribution in [1.82, 2.24) is 4.90 Å². The van der Waals surface area contributed by atoms with Crippen LogP contribution in [-0.2, 0) is 14.3 Å². The molecular weight excluding hydrogens is 374 g/mol. The zero-order valence-corrected chi connectivity index (χ0v) is 16.3. The van der Waals surface area contributed by atoms with Crippen LogP contribution in [0.4, 0.5) is 0 Å². The minimum Gasteiger partial charge on any atom is -0.496 e. The number of esters is 1. The number of amides is 1. The Morgan fingerprint density at radius 2 is 1.83 bits per heavy atom. The van der Waals surface area contributed by atoms with Crippen molar-refractivity contribution in [1.29, 1.82) is 0 Å². The highest BCUT2D eigenvalue weighted by atomic mass is 79.9. The third-order valence-electron chi connectivity index (χ3n) is 3.33. The van der Waals surface area contributed by atoms with Gasteiger partial charge in [-0.05, 0) is 52.0 Å². The highest BCUT2D eigenvalue weighted by Gasteiger charge is 2.20. The van der Waals surface area contributed by atoms with E-state index in [1.54, 1.807) is 24.2 Å². The van der Waals surface area contributed by atoms with Crippen LogP contribution in [-0.4, -0.2) is 42.6 Å². The highest BCUT2D eigenvalue weighted by Crippen LogP contribution is 2.24. The van der Waals surface area contributed by atoms with Crippen molar-refractivity contribution < 1.29 is 19.1 Å². The maximum absolute atomic E-state index is 12.1. The Balaban J connectivity index is 2.67. The van der Waals surface area contributed by atoms with Gasteiger partial charge in [0.25, 0.3) is 5.91 Å². The Bertz CT molecular complexity index is 603. The van der Waals surface area contributed by atoms with Crippen LogP contribution in [0.3, 0.4) is 0 Å². The molecule has 0 unspecified atom stereocenters. The van der Waals surface area contributed by atoms with Gasteiger partial charge in [0.1, 0.15) is 5.75 Å². The van der Waals surface area contributed by atoms with E-state index in [2.05, 4.69) is 15.9 Å². The molecule has 1 amide bonds. The summed E-state index contributed by atoms with van der Waals surface area (Å²) in [6.07, 6.45) is 2.88. The van der Waals surface area contributed by atoms with Gasteiger partial charge in [-0.2, -0.15) is 0 Å². The topological polar surface area (TPSA) is 55.8 Å². The summed E-state index contributed by atoms with van der Waals surface area (Å²) in [4.78, 5) is 25.7. The first kappa shape index (κ1) is 20.2. The normalized spacial score (nSPS) is 11.2. The molecule has 0 aliphatic heterocycles. The van der Waals surface area contributed by atoms with Gasteiger partial charge in [0.15, 0.2) is 6.61 Å². The van der Waals surface area contributed by atoms with Crippen molar-refractivity contribution in [3.63, 3.8) is 0 Å². The Morgan fingerprint density at radius 1 is 1.21 bits per heavy atom. The first-order chi connectivity index (χ1) is 11.3. The SMILES string of the molecule is COc1ccc(Br)cc1/C=C/C(=O)OCC(=O)N(C(C)C)C(C)C. The smallest absolute Gasteiger partial charge is 0.331 e. The maximum atomic E-state index is 12.1. The van der Waals surface area contributed by atoms with Crippen molar-refractivity contribution in [2.75, 3.05) is 13.7 Å². The number of ether oxygens (including phenoxy) is 2. The molecule has 0 aliphatic carbocycles. The van der Waals surface area contributed by atoms with Gasteiger partial charge in [0.2, 0.25) is 0 Å². The number of hydrogen-bond donors (Lipinski definition) is 0. The molecule has 0 atom stereocenters. The molecular formula is C18H24BrNO4. The second-order valence-corrected chi connectivity index (χ2v) is 6.73. The average molecular weight is 398 g/mol. The van der Waals surface area contributed by atoms with Gasteiger partial charge in [0, 0.05) is 28.2 Å². The third-order valence-corrected chi connectivity index (χ3v) is 3.82. The highest BCUT2D eigenvalue weighted by molar-refractivity contribution is 9.10. The Hall–Kier alpha value is -1.82. The first-order valence-electron chi connectivity index (χ1n) is 7.75. The summed E-state index contributed by atoms with van der Waals surface area (Å²) in [5.74, 6) is -0.135. The van der Waals surface area contributed by atoms with Crippen LogP contribution < -0.4 is 4.74 Å². The van der Waals surface area contributed by atoms with E-state index in [1.807, 2.05) is 39.8 Å². The van der Waals surface area contributed by atoms with Crippen molar-refractivity contribution >= 4 is 33.9 Å². The van der Waals surface area contributed by atoms with E-state index in [-0.39, 0.29) is 24.6 Å². The number of carbonyl (C=O) groups is 2. The van der Waals surface area contributed by atoms with Crippen molar-refractivity contribution in [3.05, 3.63) is 34.3 Å². The van der Waals surface area contributed by atoms with Gasteiger partial charge in [-0.25, -0.2) is 4.79 Å². The summed E-state index contributed by atoms with van der Waals surface area (Å²) in [6, 6.07) is 5.57. The molecule has 1 aromatic carbocycles. The molecule has 0 fully saturated rings. The monoisotopic (exact) mass is 397 g/mol. The van der Waals surface area contributed by atoms with Crippen LogP contribution in [0.5, 0.6) is 5.75 Å². The third kappa shape index (κ3) is 6.00. The van der Waals surface area contributed by atoms with Gasteiger partial charge in [-0.15, -0.1) is 0 Å². The van der Waals surface area contributed by atoms with Crippen molar-refractivity contribution in [2.45, 2.75) is 39.8 Å². The summed E-state index contributed by atoms with van der Waals surface area (Å²) in [5, 5.41) is 0. The molecule has 132 valence electrons. The van der Waals surface area contributed by atoms with Gasteiger partial charge < -0.3 is 14.4 Å². The van der Waals surface area contributed by atoms with Crippen LogP contribution in [0.25, 0.3) is 6.08 Å². The second-order valence-electron chi connectivity index (χ2n) is 5.82. The Kier molecular flexibility index (Phi) is 7.98. The fourth-order valence-corrected chi connectivity index (χ4v) is 2.80. The van der Waals surface area contributed by atoms with Gasteiger partial charge >= 0.3 is 5.97 Å². The number of benzene rings is 1. The molecule has 24 heavy (non-hydrogen) atoms. The molecule has 0 bridgehead atoms. The molecule has 6 heteroatoms. The van der Waals surface area contributed by atoms with Gasteiger partial charge in [0.05, 0.1) is 7.11 Å². The van der Waals surface area contributed by atoms with E-state index in [4.69, 9.17) is 9.47 Å². The lowest BCUT2D eigenvalue weighted by Gasteiger charge is -2.30. The number of hydrogen-bond acceptors (Lipinski definition) is 4. The molecule has 0 heterocycles. The molecule has 1 aromatic rings. The Labute approximate surface area is 151 Å². The number of rotatable bonds is 7. The zero-order chi connectivity index (χ0) is 18.3. The zero-order valence-electron chi connectivity index (χ0n) is 14.7. The van der Waals surface area contributed by atoms with Gasteiger partial charge in [-0.1, -0.05) is 15.9 Å².